The van der Waals surface area contributed by atoms with E-state index in [2.05, 4.69) is 29.2 Å². The van der Waals surface area contributed by atoms with Crippen molar-refractivity contribution in [3.8, 4) is 0 Å². The lowest BCUT2D eigenvalue weighted by Gasteiger charge is -2.37. The lowest BCUT2D eigenvalue weighted by atomic mass is 10.1. The Morgan fingerprint density at radius 3 is 2.65 bits per heavy atom. The number of hydrogen-bond acceptors (Lipinski definition) is 5. The molecule has 1 aromatic carbocycles. The quantitative estimate of drug-likeness (QED) is 0.908. The standard InChI is InChI=1S/C19H26N4O3/c1-13-9-16(21-26-13)12-22(4)19(24)20-17-7-5-6-8-18(17)23-10-14(2)25-15(3)11-23/h5-9,14-15H,10-12H2,1-4H3,(H,20,24). The maximum atomic E-state index is 12.6. The lowest BCUT2D eigenvalue weighted by molar-refractivity contribution is -0.00517. The fraction of sp³-hybridized carbons (Fsp3) is 0.474. The first kappa shape index (κ1) is 18.3. The molecule has 7 nitrogen and oxygen atoms in total. The Morgan fingerprint density at radius 2 is 2.00 bits per heavy atom. The van der Waals surface area contributed by atoms with Crippen LogP contribution in [0.3, 0.4) is 0 Å². The Kier molecular flexibility index (Phi) is 5.46. The number of rotatable bonds is 4. The number of nitrogens with zero attached hydrogens (tertiary/aromatic N) is 3. The second-order valence-electron chi connectivity index (χ2n) is 6.89. The summed E-state index contributed by atoms with van der Waals surface area (Å²) in [6, 6.07) is 9.50. The number of aryl methyl sites for hydroxylation is 1. The Bertz CT molecular complexity index is 751. The average Bonchev–Trinajstić information content (AvgIpc) is 2.99. The molecule has 3 rings (SSSR count). The van der Waals surface area contributed by atoms with Crippen LogP contribution in [0.4, 0.5) is 16.2 Å². The Labute approximate surface area is 153 Å². The number of nitrogens with one attached hydrogen (secondary N) is 1. The van der Waals surface area contributed by atoms with E-state index in [0.29, 0.717) is 6.54 Å². The van der Waals surface area contributed by atoms with Gasteiger partial charge in [0.25, 0.3) is 0 Å². The number of amides is 2. The van der Waals surface area contributed by atoms with E-state index in [1.54, 1.807) is 11.9 Å². The molecule has 2 aromatic rings. The van der Waals surface area contributed by atoms with Gasteiger partial charge in [0, 0.05) is 26.2 Å². The molecule has 1 aliphatic heterocycles. The van der Waals surface area contributed by atoms with Crippen LogP contribution in [-0.4, -0.2) is 48.4 Å². The van der Waals surface area contributed by atoms with Crippen molar-refractivity contribution >= 4 is 17.4 Å². The van der Waals surface area contributed by atoms with Crippen LogP contribution in [0.15, 0.2) is 34.9 Å². The van der Waals surface area contributed by atoms with Gasteiger partial charge in [-0.3, -0.25) is 0 Å². The molecule has 0 spiro atoms. The molecule has 26 heavy (non-hydrogen) atoms. The second-order valence-corrected chi connectivity index (χ2v) is 6.89. The lowest BCUT2D eigenvalue weighted by Crippen LogP contribution is -2.45. The topological polar surface area (TPSA) is 70.8 Å². The molecule has 1 fully saturated rings. The van der Waals surface area contributed by atoms with Crippen molar-refractivity contribution in [1.82, 2.24) is 10.1 Å². The molecule has 2 heterocycles. The van der Waals surface area contributed by atoms with Crippen LogP contribution in [0.25, 0.3) is 0 Å². The third-order valence-electron chi connectivity index (χ3n) is 4.33. The van der Waals surface area contributed by atoms with Gasteiger partial charge in [-0.05, 0) is 32.9 Å². The number of anilines is 2. The Hall–Kier alpha value is -2.54. The minimum Gasteiger partial charge on any atom is -0.372 e. The number of aromatic nitrogens is 1. The second kappa shape index (κ2) is 7.78. The van der Waals surface area contributed by atoms with E-state index in [0.717, 1.165) is 35.9 Å². The highest BCUT2D eigenvalue weighted by Gasteiger charge is 2.24. The van der Waals surface area contributed by atoms with E-state index in [1.807, 2.05) is 37.3 Å². The van der Waals surface area contributed by atoms with Crippen molar-refractivity contribution in [2.45, 2.75) is 39.5 Å². The molecule has 0 radical (unpaired) electrons. The van der Waals surface area contributed by atoms with Crippen molar-refractivity contribution in [2.75, 3.05) is 30.4 Å². The van der Waals surface area contributed by atoms with E-state index in [9.17, 15) is 4.79 Å². The highest BCUT2D eigenvalue weighted by molar-refractivity contribution is 5.93. The zero-order chi connectivity index (χ0) is 18.7. The number of carbonyl (C=O) groups excluding carboxylic acids is 1. The minimum absolute atomic E-state index is 0.153. The summed E-state index contributed by atoms with van der Waals surface area (Å²) in [5.41, 5.74) is 2.53. The van der Waals surface area contributed by atoms with Crippen LogP contribution in [0, 0.1) is 6.92 Å². The van der Waals surface area contributed by atoms with Gasteiger partial charge in [-0.15, -0.1) is 0 Å². The molecule has 7 heteroatoms. The summed E-state index contributed by atoms with van der Waals surface area (Å²) in [7, 11) is 1.74. The Balaban J connectivity index is 1.70. The number of ether oxygens (including phenoxy) is 1. The minimum atomic E-state index is -0.188. The number of morpholine rings is 1. The molecule has 2 amide bonds. The highest BCUT2D eigenvalue weighted by atomic mass is 16.5. The van der Waals surface area contributed by atoms with E-state index < -0.39 is 0 Å². The number of hydrogen-bond donors (Lipinski definition) is 1. The number of urea groups is 1. The predicted molar refractivity (Wildman–Crippen MR) is 100 cm³/mol. The SMILES string of the molecule is Cc1cc(CN(C)C(=O)Nc2ccccc2N2CC(C)OC(C)C2)no1. The smallest absolute Gasteiger partial charge is 0.322 e. The molecule has 1 aliphatic rings. The van der Waals surface area contributed by atoms with Gasteiger partial charge in [-0.2, -0.15) is 0 Å². The van der Waals surface area contributed by atoms with Gasteiger partial charge in [0.1, 0.15) is 11.5 Å². The molecule has 1 saturated heterocycles. The van der Waals surface area contributed by atoms with Gasteiger partial charge in [0.2, 0.25) is 0 Å². The molecule has 140 valence electrons. The summed E-state index contributed by atoms with van der Waals surface area (Å²) in [4.78, 5) is 16.4. The van der Waals surface area contributed by atoms with Crippen LogP contribution < -0.4 is 10.2 Å². The fourth-order valence-corrected chi connectivity index (χ4v) is 3.25. The first-order chi connectivity index (χ1) is 12.4. The van der Waals surface area contributed by atoms with Crippen LogP contribution >= 0.6 is 0 Å². The monoisotopic (exact) mass is 358 g/mol. The van der Waals surface area contributed by atoms with Crippen LogP contribution in [-0.2, 0) is 11.3 Å². The van der Waals surface area contributed by atoms with Crippen LogP contribution in [0.1, 0.15) is 25.3 Å². The maximum Gasteiger partial charge on any atom is 0.322 e. The van der Waals surface area contributed by atoms with Gasteiger partial charge in [-0.25, -0.2) is 4.79 Å². The van der Waals surface area contributed by atoms with E-state index in [1.165, 1.54) is 0 Å². The van der Waals surface area contributed by atoms with E-state index >= 15 is 0 Å². The summed E-state index contributed by atoms with van der Waals surface area (Å²) in [5.74, 6) is 0.731. The third kappa shape index (κ3) is 4.35. The molecule has 2 atom stereocenters. The first-order valence-electron chi connectivity index (χ1n) is 8.86. The highest BCUT2D eigenvalue weighted by Crippen LogP contribution is 2.28. The van der Waals surface area contributed by atoms with Crippen molar-refractivity contribution in [3.05, 3.63) is 41.8 Å². The summed E-state index contributed by atoms with van der Waals surface area (Å²) >= 11 is 0. The molecule has 1 N–H and O–H groups in total. The van der Waals surface area contributed by atoms with Gasteiger partial charge >= 0.3 is 6.03 Å². The Morgan fingerprint density at radius 1 is 1.31 bits per heavy atom. The summed E-state index contributed by atoms with van der Waals surface area (Å²) < 4.78 is 10.9. The van der Waals surface area contributed by atoms with E-state index in [-0.39, 0.29) is 18.2 Å². The number of benzene rings is 1. The zero-order valence-corrected chi connectivity index (χ0v) is 15.7. The van der Waals surface area contributed by atoms with Gasteiger partial charge < -0.3 is 24.4 Å². The molecule has 2 unspecified atom stereocenters. The van der Waals surface area contributed by atoms with Crippen molar-refractivity contribution in [3.63, 3.8) is 0 Å². The maximum absolute atomic E-state index is 12.6. The normalized spacial score (nSPS) is 20.1. The summed E-state index contributed by atoms with van der Waals surface area (Å²) in [5, 5.41) is 6.94. The molecular weight excluding hydrogens is 332 g/mol. The van der Waals surface area contributed by atoms with Gasteiger partial charge in [0.15, 0.2) is 0 Å². The number of carbonyl (C=O) groups is 1. The molecule has 0 bridgehead atoms. The first-order valence-corrected chi connectivity index (χ1v) is 8.86. The van der Waals surface area contributed by atoms with Gasteiger partial charge in [-0.1, -0.05) is 17.3 Å². The third-order valence-corrected chi connectivity index (χ3v) is 4.33. The number of para-hydroxylation sites is 2. The van der Waals surface area contributed by atoms with Crippen molar-refractivity contribution in [1.29, 1.82) is 0 Å². The summed E-state index contributed by atoms with van der Waals surface area (Å²) in [6.45, 7) is 7.94. The molecule has 0 saturated carbocycles. The van der Waals surface area contributed by atoms with Crippen LogP contribution in [0.2, 0.25) is 0 Å². The molecule has 1 aromatic heterocycles. The predicted octanol–water partition coefficient (Wildman–Crippen LogP) is 3.26. The zero-order valence-electron chi connectivity index (χ0n) is 15.7. The fourth-order valence-electron chi connectivity index (χ4n) is 3.25. The largest absolute Gasteiger partial charge is 0.372 e. The van der Waals surface area contributed by atoms with Gasteiger partial charge in [0.05, 0.1) is 30.1 Å². The van der Waals surface area contributed by atoms with E-state index in [4.69, 9.17) is 9.26 Å². The molecule has 0 aliphatic carbocycles. The van der Waals surface area contributed by atoms with Crippen LogP contribution in [0.5, 0.6) is 0 Å². The summed E-state index contributed by atoms with van der Waals surface area (Å²) in [6.07, 6.45) is 0.307. The molecular formula is C19H26N4O3. The van der Waals surface area contributed by atoms with Crippen molar-refractivity contribution in [2.24, 2.45) is 0 Å². The average molecular weight is 358 g/mol. The van der Waals surface area contributed by atoms with Crippen molar-refractivity contribution < 1.29 is 14.1 Å².